The third kappa shape index (κ3) is 2.50. The summed E-state index contributed by atoms with van der Waals surface area (Å²) in [7, 11) is 0. The summed E-state index contributed by atoms with van der Waals surface area (Å²) < 4.78 is 9.40. The molecule has 0 aromatic carbocycles. The summed E-state index contributed by atoms with van der Waals surface area (Å²) in [5.74, 6) is 0.0919. The smallest absolute Gasteiger partial charge is 0.255 e. The Morgan fingerprint density at radius 3 is 3.06 bits per heavy atom. The highest BCUT2D eigenvalue weighted by atomic mass is 32.1. The molecule has 0 spiro atoms. The van der Waals surface area contributed by atoms with Crippen LogP contribution in [0.3, 0.4) is 0 Å². The summed E-state index contributed by atoms with van der Waals surface area (Å²) in [5, 5.41) is 3.83. The van der Waals surface area contributed by atoms with Crippen LogP contribution < -0.4 is 16.8 Å². The van der Waals surface area contributed by atoms with Crippen molar-refractivity contribution in [1.82, 2.24) is 4.37 Å². The minimum atomic E-state index is -0.547. The second-order valence-electron chi connectivity index (χ2n) is 4.14. The molecule has 0 radical (unpaired) electrons. The van der Waals surface area contributed by atoms with Gasteiger partial charge in [-0.1, -0.05) is 0 Å². The lowest BCUT2D eigenvalue weighted by atomic mass is 10.0. The number of nitrogens with one attached hydrogen (secondary N) is 1. The molecule has 1 fully saturated rings. The predicted molar refractivity (Wildman–Crippen MR) is 67.1 cm³/mol. The topological polar surface area (TPSA) is 103 Å². The second-order valence-corrected chi connectivity index (χ2v) is 4.92. The number of primary amides is 1. The Labute approximate surface area is 103 Å². The molecule has 0 aliphatic carbocycles. The van der Waals surface area contributed by atoms with Crippen LogP contribution in [0.2, 0.25) is 0 Å². The van der Waals surface area contributed by atoms with E-state index in [2.05, 4.69) is 16.6 Å². The molecule has 94 valence electrons. The molecule has 0 bridgehead atoms. The molecule has 2 unspecified atom stereocenters. The van der Waals surface area contributed by atoms with Gasteiger partial charge in [-0.3, -0.25) is 4.79 Å². The fraction of sp³-hybridized carbons (Fsp3) is 0.600. The van der Waals surface area contributed by atoms with Gasteiger partial charge in [0.25, 0.3) is 5.91 Å². The molecule has 1 saturated heterocycles. The van der Waals surface area contributed by atoms with Gasteiger partial charge in [0.15, 0.2) is 5.82 Å². The first-order valence-corrected chi connectivity index (χ1v) is 6.27. The van der Waals surface area contributed by atoms with E-state index in [-0.39, 0.29) is 11.9 Å². The van der Waals surface area contributed by atoms with Gasteiger partial charge in [0, 0.05) is 19.1 Å². The maximum absolute atomic E-state index is 11.2. The van der Waals surface area contributed by atoms with Gasteiger partial charge >= 0.3 is 0 Å². The highest BCUT2D eigenvalue weighted by Crippen LogP contribution is 2.28. The molecule has 5 N–H and O–H groups in total. The Balaban J connectivity index is 2.01. The monoisotopic (exact) mass is 256 g/mol. The van der Waals surface area contributed by atoms with Gasteiger partial charge < -0.3 is 21.5 Å². The van der Waals surface area contributed by atoms with Crippen molar-refractivity contribution in [1.29, 1.82) is 0 Å². The number of carbonyl (C=O) groups is 1. The fourth-order valence-electron chi connectivity index (χ4n) is 1.93. The van der Waals surface area contributed by atoms with E-state index >= 15 is 0 Å². The number of anilines is 2. The largest absolute Gasteiger partial charge is 0.382 e. The van der Waals surface area contributed by atoms with Crippen LogP contribution in [-0.2, 0) is 4.74 Å². The summed E-state index contributed by atoms with van der Waals surface area (Å²) in [6.07, 6.45) is 1.26. The Hall–Kier alpha value is -1.34. The van der Waals surface area contributed by atoms with Crippen molar-refractivity contribution < 1.29 is 9.53 Å². The van der Waals surface area contributed by atoms with Crippen LogP contribution in [0.1, 0.15) is 23.7 Å². The van der Waals surface area contributed by atoms with Crippen molar-refractivity contribution in [3.05, 3.63) is 5.56 Å². The number of nitrogens with zero attached hydrogens (tertiary/aromatic N) is 1. The minimum Gasteiger partial charge on any atom is -0.382 e. The Bertz CT molecular complexity index is 420. The molecular formula is C10H16N4O2S. The quantitative estimate of drug-likeness (QED) is 0.734. The highest BCUT2D eigenvalue weighted by molar-refractivity contribution is 7.11. The standard InChI is InChI=1S/C10H16N4O2S/c1-5-6(2-3-16-5)4-13-10-7(9(12)15)8(11)14-17-10/h5-6,13H,2-4H2,1H3,(H2,11,14)(H2,12,15). The third-order valence-corrected chi connectivity index (χ3v) is 3.84. The molecule has 1 aromatic rings. The molecule has 2 atom stereocenters. The van der Waals surface area contributed by atoms with Crippen molar-refractivity contribution in [3.63, 3.8) is 0 Å². The Kier molecular flexibility index (Phi) is 3.49. The lowest BCUT2D eigenvalue weighted by molar-refractivity contribution is 0.100. The van der Waals surface area contributed by atoms with Gasteiger partial charge in [0.1, 0.15) is 10.6 Å². The maximum Gasteiger partial charge on any atom is 0.255 e. The van der Waals surface area contributed by atoms with Crippen LogP contribution in [-0.4, -0.2) is 29.5 Å². The summed E-state index contributed by atoms with van der Waals surface area (Å²) in [6, 6.07) is 0. The first-order valence-electron chi connectivity index (χ1n) is 5.50. The molecule has 7 heteroatoms. The van der Waals surface area contributed by atoms with E-state index < -0.39 is 5.91 Å². The van der Waals surface area contributed by atoms with Crippen LogP contribution >= 0.6 is 11.5 Å². The average Bonchev–Trinajstić information content (AvgIpc) is 2.82. The van der Waals surface area contributed by atoms with Crippen molar-refractivity contribution in [2.24, 2.45) is 11.7 Å². The molecule has 1 aliphatic rings. The zero-order valence-electron chi connectivity index (χ0n) is 9.60. The van der Waals surface area contributed by atoms with Gasteiger partial charge in [-0.05, 0) is 24.9 Å². The number of hydrogen-bond acceptors (Lipinski definition) is 6. The van der Waals surface area contributed by atoms with Crippen molar-refractivity contribution >= 4 is 28.3 Å². The number of nitrogens with two attached hydrogens (primary N) is 2. The Morgan fingerprint density at radius 2 is 2.47 bits per heavy atom. The second kappa shape index (κ2) is 4.89. The van der Waals surface area contributed by atoms with E-state index in [0.717, 1.165) is 31.1 Å². The summed E-state index contributed by atoms with van der Waals surface area (Å²) >= 11 is 1.16. The number of ether oxygens (including phenoxy) is 1. The van der Waals surface area contributed by atoms with E-state index in [0.29, 0.717) is 16.5 Å². The predicted octanol–water partition coefficient (Wildman–Crippen LogP) is 0.661. The minimum absolute atomic E-state index is 0.195. The van der Waals surface area contributed by atoms with Crippen LogP contribution in [0.4, 0.5) is 10.8 Å². The molecule has 17 heavy (non-hydrogen) atoms. The van der Waals surface area contributed by atoms with E-state index in [1.165, 1.54) is 0 Å². The number of carbonyl (C=O) groups excluding carboxylic acids is 1. The van der Waals surface area contributed by atoms with E-state index in [1.807, 2.05) is 0 Å². The van der Waals surface area contributed by atoms with Gasteiger partial charge in [-0.2, -0.15) is 4.37 Å². The SMILES string of the molecule is CC1OCCC1CNc1snc(N)c1C(N)=O. The molecular weight excluding hydrogens is 240 g/mol. The van der Waals surface area contributed by atoms with Crippen molar-refractivity contribution in [2.45, 2.75) is 19.4 Å². The zero-order valence-corrected chi connectivity index (χ0v) is 10.4. The first kappa shape index (κ1) is 12.1. The third-order valence-electron chi connectivity index (χ3n) is 3.02. The number of hydrogen-bond donors (Lipinski definition) is 3. The number of rotatable bonds is 4. The van der Waals surface area contributed by atoms with Crippen LogP contribution in [0.25, 0.3) is 0 Å². The van der Waals surface area contributed by atoms with Crippen molar-refractivity contribution in [3.8, 4) is 0 Å². The van der Waals surface area contributed by atoms with E-state index in [9.17, 15) is 4.79 Å². The van der Waals surface area contributed by atoms with Gasteiger partial charge in [-0.15, -0.1) is 0 Å². The summed E-state index contributed by atoms with van der Waals surface area (Å²) in [6.45, 7) is 3.58. The molecule has 1 aliphatic heterocycles. The molecule has 1 aromatic heterocycles. The first-order chi connectivity index (χ1) is 8.09. The lowest BCUT2D eigenvalue weighted by Crippen LogP contribution is -2.22. The Morgan fingerprint density at radius 1 is 1.71 bits per heavy atom. The van der Waals surface area contributed by atoms with Gasteiger partial charge in [0.2, 0.25) is 0 Å². The summed E-state index contributed by atoms with van der Waals surface area (Å²) in [5.41, 5.74) is 11.1. The fourth-order valence-corrected chi connectivity index (χ4v) is 2.65. The summed E-state index contributed by atoms with van der Waals surface area (Å²) in [4.78, 5) is 11.2. The van der Waals surface area contributed by atoms with Gasteiger partial charge in [0.05, 0.1) is 6.10 Å². The molecule has 2 heterocycles. The van der Waals surface area contributed by atoms with Crippen LogP contribution in [0, 0.1) is 5.92 Å². The lowest BCUT2D eigenvalue weighted by Gasteiger charge is -2.14. The molecule has 6 nitrogen and oxygen atoms in total. The number of amides is 1. The zero-order chi connectivity index (χ0) is 12.4. The van der Waals surface area contributed by atoms with E-state index in [1.54, 1.807) is 0 Å². The number of nitrogen functional groups attached to an aromatic ring is 1. The average molecular weight is 256 g/mol. The number of aromatic nitrogens is 1. The van der Waals surface area contributed by atoms with Crippen molar-refractivity contribution in [2.75, 3.05) is 24.2 Å². The normalized spacial score (nSPS) is 23.8. The maximum atomic E-state index is 11.2. The van der Waals surface area contributed by atoms with E-state index in [4.69, 9.17) is 16.2 Å². The molecule has 1 amide bonds. The highest BCUT2D eigenvalue weighted by Gasteiger charge is 2.25. The van der Waals surface area contributed by atoms with Gasteiger partial charge in [-0.25, -0.2) is 0 Å². The molecule has 0 saturated carbocycles. The molecule has 2 rings (SSSR count). The van der Waals surface area contributed by atoms with Crippen LogP contribution in [0.15, 0.2) is 0 Å². The van der Waals surface area contributed by atoms with Crippen LogP contribution in [0.5, 0.6) is 0 Å².